The van der Waals surface area contributed by atoms with Crippen LogP contribution in [0.4, 0.5) is 5.69 Å². The lowest BCUT2D eigenvalue weighted by Gasteiger charge is -2.11. The number of anilines is 1. The highest BCUT2D eigenvalue weighted by molar-refractivity contribution is 5.95. The zero-order valence-electron chi connectivity index (χ0n) is 16.1. The molecule has 0 fully saturated rings. The topological polar surface area (TPSA) is 77.4 Å². The number of benzene rings is 2. The van der Waals surface area contributed by atoms with Gasteiger partial charge in [-0.3, -0.25) is 9.59 Å². The molecule has 6 nitrogen and oxygen atoms in total. The molecule has 6 heteroatoms. The van der Waals surface area contributed by atoms with Crippen molar-refractivity contribution in [1.82, 2.24) is 4.57 Å². The predicted octanol–water partition coefficient (Wildman–Crippen LogP) is 3.43. The number of esters is 1. The third-order valence-electron chi connectivity index (χ3n) is 4.47. The van der Waals surface area contributed by atoms with Gasteiger partial charge in [0.25, 0.3) is 5.56 Å². The summed E-state index contributed by atoms with van der Waals surface area (Å²) in [6.07, 6.45) is 1.72. The molecule has 0 aliphatic carbocycles. The van der Waals surface area contributed by atoms with E-state index >= 15 is 0 Å². The van der Waals surface area contributed by atoms with E-state index in [-0.39, 0.29) is 17.4 Å². The van der Waals surface area contributed by atoms with Crippen LogP contribution in [0.2, 0.25) is 0 Å². The molecule has 0 aliphatic heterocycles. The minimum absolute atomic E-state index is 0.0599. The van der Waals surface area contributed by atoms with E-state index < -0.39 is 5.97 Å². The Morgan fingerprint density at radius 1 is 1.11 bits per heavy atom. The van der Waals surface area contributed by atoms with Gasteiger partial charge in [-0.05, 0) is 41.3 Å². The molecule has 1 amide bonds. The van der Waals surface area contributed by atoms with E-state index in [4.69, 9.17) is 4.74 Å². The number of carbonyl (C=O) groups excluding carboxylic acids is 2. The normalized spacial score (nSPS) is 10.9. The fraction of sp³-hybridized carbons (Fsp3) is 0.227. The fourth-order valence-corrected chi connectivity index (χ4v) is 2.88. The molecule has 1 aromatic heterocycles. The summed E-state index contributed by atoms with van der Waals surface area (Å²) in [7, 11) is 1.31. The van der Waals surface area contributed by atoms with E-state index in [1.807, 2.05) is 44.2 Å². The summed E-state index contributed by atoms with van der Waals surface area (Å²) in [5.74, 6) is -0.656. The summed E-state index contributed by atoms with van der Waals surface area (Å²) >= 11 is 0. The van der Waals surface area contributed by atoms with Crippen LogP contribution in [0.1, 0.15) is 29.8 Å². The molecular weight excluding hydrogens is 356 g/mol. The van der Waals surface area contributed by atoms with Crippen molar-refractivity contribution in [3.05, 3.63) is 76.2 Å². The highest BCUT2D eigenvalue weighted by Crippen LogP contribution is 2.16. The molecule has 3 rings (SSSR count). The van der Waals surface area contributed by atoms with Crippen LogP contribution in [0.15, 0.2) is 59.5 Å². The number of fused-ring (bicyclic) bond motifs is 1. The van der Waals surface area contributed by atoms with Crippen LogP contribution < -0.4 is 10.9 Å². The molecular formula is C22H22N2O4. The van der Waals surface area contributed by atoms with Crippen LogP contribution in [0, 0.1) is 5.92 Å². The lowest BCUT2D eigenvalue weighted by atomic mass is 10.1. The van der Waals surface area contributed by atoms with Gasteiger partial charge in [0.1, 0.15) is 0 Å². The quantitative estimate of drug-likeness (QED) is 0.690. The van der Waals surface area contributed by atoms with Crippen LogP contribution in [0.5, 0.6) is 0 Å². The first-order valence-corrected chi connectivity index (χ1v) is 9.00. The van der Waals surface area contributed by atoms with Crippen LogP contribution in [-0.2, 0) is 16.1 Å². The minimum Gasteiger partial charge on any atom is -0.465 e. The Bertz CT molecular complexity index is 1100. The number of nitrogens with one attached hydrogen (secondary N) is 1. The summed E-state index contributed by atoms with van der Waals surface area (Å²) in [6, 6.07) is 14.2. The number of aromatic nitrogens is 1. The van der Waals surface area contributed by atoms with Crippen molar-refractivity contribution in [3.63, 3.8) is 0 Å². The van der Waals surface area contributed by atoms with Crippen molar-refractivity contribution in [2.24, 2.45) is 5.92 Å². The first-order chi connectivity index (χ1) is 13.4. The minimum atomic E-state index is -0.481. The SMILES string of the molecule is COC(=O)c1ccc2ccn(Cc3cccc(NC(=O)C(C)C)c3)c(=O)c2c1. The number of carbonyl (C=O) groups is 2. The molecule has 0 atom stereocenters. The van der Waals surface area contributed by atoms with Gasteiger partial charge >= 0.3 is 5.97 Å². The Hall–Kier alpha value is -3.41. The summed E-state index contributed by atoms with van der Waals surface area (Å²) in [5, 5.41) is 4.07. The largest absolute Gasteiger partial charge is 0.465 e. The average molecular weight is 378 g/mol. The van der Waals surface area contributed by atoms with Crippen LogP contribution >= 0.6 is 0 Å². The van der Waals surface area contributed by atoms with E-state index in [1.54, 1.807) is 29.0 Å². The monoisotopic (exact) mass is 378 g/mol. The van der Waals surface area contributed by atoms with Gasteiger partial charge in [0.2, 0.25) is 5.91 Å². The molecule has 0 radical (unpaired) electrons. The third-order valence-corrected chi connectivity index (χ3v) is 4.47. The van der Waals surface area contributed by atoms with Gasteiger partial charge < -0.3 is 14.6 Å². The fourth-order valence-electron chi connectivity index (χ4n) is 2.88. The number of nitrogens with zero attached hydrogens (tertiary/aromatic N) is 1. The second kappa shape index (κ2) is 8.08. The van der Waals surface area contributed by atoms with E-state index in [0.717, 1.165) is 10.9 Å². The number of ether oxygens (including phenoxy) is 1. The molecule has 0 saturated heterocycles. The number of amides is 1. The first kappa shape index (κ1) is 19.4. The molecule has 144 valence electrons. The Kier molecular flexibility index (Phi) is 5.59. The molecule has 28 heavy (non-hydrogen) atoms. The smallest absolute Gasteiger partial charge is 0.337 e. The van der Waals surface area contributed by atoms with Gasteiger partial charge in [0.05, 0.1) is 19.2 Å². The van der Waals surface area contributed by atoms with Crippen molar-refractivity contribution < 1.29 is 14.3 Å². The third kappa shape index (κ3) is 4.11. The predicted molar refractivity (Wildman–Crippen MR) is 109 cm³/mol. The summed E-state index contributed by atoms with van der Waals surface area (Å²) in [6.45, 7) is 4.01. The second-order valence-corrected chi connectivity index (χ2v) is 6.89. The molecule has 0 saturated carbocycles. The zero-order valence-corrected chi connectivity index (χ0v) is 16.1. The highest BCUT2D eigenvalue weighted by atomic mass is 16.5. The second-order valence-electron chi connectivity index (χ2n) is 6.89. The van der Waals surface area contributed by atoms with Gasteiger partial charge in [-0.2, -0.15) is 0 Å². The number of methoxy groups -OCH3 is 1. The maximum atomic E-state index is 12.9. The van der Waals surface area contributed by atoms with Gasteiger partial charge in [0, 0.05) is 23.2 Å². The number of rotatable bonds is 5. The number of pyridine rings is 1. The van der Waals surface area contributed by atoms with Crippen molar-refractivity contribution >= 4 is 28.3 Å². The average Bonchev–Trinajstić information content (AvgIpc) is 2.69. The molecule has 0 spiro atoms. The van der Waals surface area contributed by atoms with Crippen LogP contribution in [-0.4, -0.2) is 23.6 Å². The number of hydrogen-bond acceptors (Lipinski definition) is 4. The zero-order chi connectivity index (χ0) is 20.3. The van der Waals surface area contributed by atoms with Crippen molar-refractivity contribution in [2.45, 2.75) is 20.4 Å². The van der Waals surface area contributed by atoms with Gasteiger partial charge in [0.15, 0.2) is 0 Å². The molecule has 1 N–H and O–H groups in total. The molecule has 0 aliphatic rings. The highest BCUT2D eigenvalue weighted by Gasteiger charge is 2.10. The van der Waals surface area contributed by atoms with Crippen LogP contribution in [0.3, 0.4) is 0 Å². The maximum absolute atomic E-state index is 12.9. The van der Waals surface area contributed by atoms with E-state index in [0.29, 0.717) is 23.2 Å². The summed E-state index contributed by atoms with van der Waals surface area (Å²) in [5.41, 5.74) is 1.72. The van der Waals surface area contributed by atoms with Crippen molar-refractivity contribution in [2.75, 3.05) is 12.4 Å². The van der Waals surface area contributed by atoms with Crippen molar-refractivity contribution in [1.29, 1.82) is 0 Å². The molecule has 1 heterocycles. The van der Waals surface area contributed by atoms with E-state index in [2.05, 4.69) is 5.32 Å². The Morgan fingerprint density at radius 3 is 2.61 bits per heavy atom. The summed E-state index contributed by atoms with van der Waals surface area (Å²) < 4.78 is 6.31. The Labute approximate surface area is 162 Å². The van der Waals surface area contributed by atoms with Crippen LogP contribution in [0.25, 0.3) is 10.8 Å². The Morgan fingerprint density at radius 2 is 1.89 bits per heavy atom. The molecule has 3 aromatic rings. The van der Waals surface area contributed by atoms with Gasteiger partial charge in [-0.1, -0.05) is 32.0 Å². The molecule has 0 unspecified atom stereocenters. The lowest BCUT2D eigenvalue weighted by molar-refractivity contribution is -0.118. The summed E-state index contributed by atoms with van der Waals surface area (Å²) in [4.78, 5) is 36.5. The number of hydrogen-bond donors (Lipinski definition) is 1. The molecule has 0 bridgehead atoms. The van der Waals surface area contributed by atoms with E-state index in [1.165, 1.54) is 7.11 Å². The molecule has 2 aromatic carbocycles. The standard InChI is InChI=1S/C22H22N2O4/c1-14(2)20(25)23-18-6-4-5-15(11-18)13-24-10-9-16-7-8-17(22(27)28-3)12-19(16)21(24)26/h4-12,14H,13H2,1-3H3,(H,23,25). The van der Waals surface area contributed by atoms with Gasteiger partial charge in [-0.25, -0.2) is 4.79 Å². The lowest BCUT2D eigenvalue weighted by Crippen LogP contribution is -2.21. The Balaban J connectivity index is 1.92. The van der Waals surface area contributed by atoms with Crippen molar-refractivity contribution in [3.8, 4) is 0 Å². The van der Waals surface area contributed by atoms with E-state index in [9.17, 15) is 14.4 Å². The first-order valence-electron chi connectivity index (χ1n) is 9.00. The maximum Gasteiger partial charge on any atom is 0.337 e. The van der Waals surface area contributed by atoms with Gasteiger partial charge in [-0.15, -0.1) is 0 Å².